The molecule has 0 aliphatic rings. The highest BCUT2D eigenvalue weighted by molar-refractivity contribution is 7.98. The zero-order chi connectivity index (χ0) is 12.9. The van der Waals surface area contributed by atoms with Crippen LogP contribution in [-0.2, 0) is 6.54 Å². The van der Waals surface area contributed by atoms with Crippen LogP contribution in [0.3, 0.4) is 0 Å². The third-order valence-electron chi connectivity index (χ3n) is 2.16. The van der Waals surface area contributed by atoms with Crippen molar-refractivity contribution in [3.8, 4) is 5.75 Å². The van der Waals surface area contributed by atoms with E-state index in [0.717, 1.165) is 10.5 Å². The molecule has 1 aromatic rings. The number of nitrogens with two attached hydrogens (primary N) is 1. The molecule has 0 radical (unpaired) electrons. The minimum absolute atomic E-state index is 0.248. The first-order chi connectivity index (χ1) is 7.98. The lowest BCUT2D eigenvalue weighted by molar-refractivity contribution is -0.139. The standard InChI is InChI=1S/C11H14F3NOS/c1-17-10-4-2-3-9(8(10)7-15)16-6-5-11(12,13)14/h2-4H,5-7,15H2,1H3. The van der Waals surface area contributed by atoms with E-state index in [0.29, 0.717) is 5.75 Å². The molecule has 17 heavy (non-hydrogen) atoms. The molecule has 0 amide bonds. The summed E-state index contributed by atoms with van der Waals surface area (Å²) in [4.78, 5) is 0.928. The van der Waals surface area contributed by atoms with E-state index >= 15 is 0 Å². The quantitative estimate of drug-likeness (QED) is 0.830. The van der Waals surface area contributed by atoms with Crippen LogP contribution in [0.5, 0.6) is 5.75 Å². The first-order valence-electron chi connectivity index (χ1n) is 5.03. The molecule has 0 heterocycles. The third-order valence-corrected chi connectivity index (χ3v) is 2.98. The van der Waals surface area contributed by atoms with E-state index in [9.17, 15) is 13.2 Å². The SMILES string of the molecule is CSc1cccc(OCCC(F)(F)F)c1CN. The van der Waals surface area contributed by atoms with Gasteiger partial charge < -0.3 is 10.5 Å². The largest absolute Gasteiger partial charge is 0.493 e. The van der Waals surface area contributed by atoms with Crippen LogP contribution in [0.15, 0.2) is 23.1 Å². The van der Waals surface area contributed by atoms with Crippen molar-refractivity contribution in [2.24, 2.45) is 5.73 Å². The minimum atomic E-state index is -4.19. The van der Waals surface area contributed by atoms with Gasteiger partial charge in [-0.3, -0.25) is 0 Å². The molecular formula is C11H14F3NOS. The zero-order valence-electron chi connectivity index (χ0n) is 9.38. The number of benzene rings is 1. The summed E-state index contributed by atoms with van der Waals surface area (Å²) in [5.41, 5.74) is 6.32. The van der Waals surface area contributed by atoms with Crippen LogP contribution < -0.4 is 10.5 Å². The Labute approximate surface area is 102 Å². The van der Waals surface area contributed by atoms with Gasteiger partial charge in [0.15, 0.2) is 0 Å². The lowest BCUT2D eigenvalue weighted by Crippen LogP contribution is -2.14. The molecule has 0 aromatic heterocycles. The van der Waals surface area contributed by atoms with Crippen molar-refractivity contribution >= 4 is 11.8 Å². The van der Waals surface area contributed by atoms with Crippen LogP contribution in [-0.4, -0.2) is 19.0 Å². The maximum absolute atomic E-state index is 12.0. The van der Waals surface area contributed by atoms with Crippen LogP contribution in [0.1, 0.15) is 12.0 Å². The minimum Gasteiger partial charge on any atom is -0.493 e. The third kappa shape index (κ3) is 4.47. The summed E-state index contributed by atoms with van der Waals surface area (Å²) in [5, 5.41) is 0. The molecular weight excluding hydrogens is 251 g/mol. The second-order valence-electron chi connectivity index (χ2n) is 3.35. The van der Waals surface area contributed by atoms with Crippen molar-refractivity contribution in [2.75, 3.05) is 12.9 Å². The summed E-state index contributed by atoms with van der Waals surface area (Å²) in [5.74, 6) is 0.434. The number of alkyl halides is 3. The number of thioether (sulfide) groups is 1. The van der Waals surface area contributed by atoms with Crippen LogP contribution in [0.4, 0.5) is 13.2 Å². The number of halogens is 3. The van der Waals surface area contributed by atoms with E-state index in [2.05, 4.69) is 0 Å². The molecule has 6 heteroatoms. The fourth-order valence-corrected chi connectivity index (χ4v) is 1.99. The lowest BCUT2D eigenvalue weighted by Gasteiger charge is -2.14. The number of ether oxygens (including phenoxy) is 1. The highest BCUT2D eigenvalue weighted by Gasteiger charge is 2.27. The van der Waals surface area contributed by atoms with Crippen molar-refractivity contribution in [1.82, 2.24) is 0 Å². The first-order valence-corrected chi connectivity index (χ1v) is 6.26. The van der Waals surface area contributed by atoms with E-state index < -0.39 is 12.6 Å². The summed E-state index contributed by atoms with van der Waals surface area (Å²) in [6, 6.07) is 5.25. The number of rotatable bonds is 5. The Morgan fingerprint density at radius 2 is 2.06 bits per heavy atom. The molecule has 0 atom stereocenters. The van der Waals surface area contributed by atoms with Gasteiger partial charge in [-0.2, -0.15) is 13.2 Å². The monoisotopic (exact) mass is 265 g/mol. The fourth-order valence-electron chi connectivity index (χ4n) is 1.35. The van der Waals surface area contributed by atoms with Crippen LogP contribution in [0.2, 0.25) is 0 Å². The molecule has 2 nitrogen and oxygen atoms in total. The van der Waals surface area contributed by atoms with Gasteiger partial charge in [-0.05, 0) is 18.4 Å². The topological polar surface area (TPSA) is 35.2 Å². The first kappa shape index (κ1) is 14.2. The van der Waals surface area contributed by atoms with Gasteiger partial charge in [0.2, 0.25) is 0 Å². The van der Waals surface area contributed by atoms with E-state index in [1.807, 2.05) is 12.3 Å². The van der Waals surface area contributed by atoms with Gasteiger partial charge in [-0.1, -0.05) is 6.07 Å². The van der Waals surface area contributed by atoms with Gasteiger partial charge in [0, 0.05) is 17.0 Å². The van der Waals surface area contributed by atoms with Crippen molar-refractivity contribution in [3.05, 3.63) is 23.8 Å². The maximum atomic E-state index is 12.0. The van der Waals surface area contributed by atoms with Gasteiger partial charge in [0.05, 0.1) is 13.0 Å². The molecule has 0 spiro atoms. The van der Waals surface area contributed by atoms with E-state index in [4.69, 9.17) is 10.5 Å². The molecule has 0 saturated heterocycles. The zero-order valence-corrected chi connectivity index (χ0v) is 10.2. The Bertz CT molecular complexity index is 368. The molecule has 0 unspecified atom stereocenters. The second kappa shape index (κ2) is 6.16. The van der Waals surface area contributed by atoms with Crippen molar-refractivity contribution < 1.29 is 17.9 Å². The lowest BCUT2D eigenvalue weighted by atomic mass is 10.2. The summed E-state index contributed by atoms with van der Waals surface area (Å²) in [7, 11) is 0. The fraction of sp³-hybridized carbons (Fsp3) is 0.455. The van der Waals surface area contributed by atoms with Crippen molar-refractivity contribution in [1.29, 1.82) is 0 Å². The summed E-state index contributed by atoms with van der Waals surface area (Å²) in [6.07, 6.45) is -3.27. The Hall–Kier alpha value is -0.880. The van der Waals surface area contributed by atoms with Crippen molar-refractivity contribution in [3.63, 3.8) is 0 Å². The maximum Gasteiger partial charge on any atom is 0.392 e. The second-order valence-corrected chi connectivity index (χ2v) is 4.20. The molecule has 1 rings (SSSR count). The van der Waals surface area contributed by atoms with Crippen molar-refractivity contribution in [2.45, 2.75) is 24.0 Å². The highest BCUT2D eigenvalue weighted by Crippen LogP contribution is 2.29. The van der Waals surface area contributed by atoms with E-state index in [-0.39, 0.29) is 13.2 Å². The van der Waals surface area contributed by atoms with Gasteiger partial charge in [-0.25, -0.2) is 0 Å². The molecule has 2 N–H and O–H groups in total. The van der Waals surface area contributed by atoms with Crippen LogP contribution >= 0.6 is 11.8 Å². The normalized spacial score (nSPS) is 11.6. The smallest absolute Gasteiger partial charge is 0.392 e. The predicted octanol–water partition coefficient (Wildman–Crippen LogP) is 3.20. The van der Waals surface area contributed by atoms with Gasteiger partial charge in [0.1, 0.15) is 5.75 Å². The van der Waals surface area contributed by atoms with E-state index in [1.54, 1.807) is 12.1 Å². The molecule has 0 aliphatic carbocycles. The molecule has 1 aromatic carbocycles. The Morgan fingerprint density at radius 3 is 2.59 bits per heavy atom. The van der Waals surface area contributed by atoms with Crippen LogP contribution in [0, 0.1) is 0 Å². The van der Waals surface area contributed by atoms with Gasteiger partial charge in [-0.15, -0.1) is 11.8 Å². The highest BCUT2D eigenvalue weighted by atomic mass is 32.2. The predicted molar refractivity (Wildman–Crippen MR) is 62.3 cm³/mol. The molecule has 96 valence electrons. The molecule has 0 saturated carbocycles. The number of hydrogen-bond acceptors (Lipinski definition) is 3. The Kier molecular flexibility index (Phi) is 5.14. The Balaban J connectivity index is 2.70. The van der Waals surface area contributed by atoms with Crippen LogP contribution in [0.25, 0.3) is 0 Å². The summed E-state index contributed by atoms with van der Waals surface area (Å²) >= 11 is 1.49. The number of hydrogen-bond donors (Lipinski definition) is 1. The average molecular weight is 265 g/mol. The summed E-state index contributed by atoms with van der Waals surface area (Å²) < 4.78 is 41.1. The van der Waals surface area contributed by atoms with Gasteiger partial charge >= 0.3 is 6.18 Å². The summed E-state index contributed by atoms with van der Waals surface area (Å²) in [6.45, 7) is -0.132. The Morgan fingerprint density at radius 1 is 1.35 bits per heavy atom. The molecule has 0 bridgehead atoms. The molecule has 0 aliphatic heterocycles. The average Bonchev–Trinajstić information content (AvgIpc) is 2.27. The van der Waals surface area contributed by atoms with Gasteiger partial charge in [0.25, 0.3) is 0 Å². The van der Waals surface area contributed by atoms with E-state index in [1.165, 1.54) is 11.8 Å². The molecule has 0 fully saturated rings.